The largest absolute Gasteiger partial charge is 0.455 e. The molecule has 33 heavy (non-hydrogen) atoms. The van der Waals surface area contributed by atoms with E-state index in [1.165, 1.54) is 33.4 Å². The van der Waals surface area contributed by atoms with Gasteiger partial charge < -0.3 is 4.42 Å². The standard InChI is InChI=1S/C30H28N2O/c1-16(2)22-15-32-24(14-18(22)4)25-17(3)9-10-19-20-11-12-23-26(28(20)33-27(19)25)21-8-7-13-31-29(21)30(23,5)6/h7-16H,1-6H3. The van der Waals surface area contributed by atoms with Crippen LogP contribution in [0.5, 0.6) is 0 Å². The average Bonchev–Trinajstić information content (AvgIpc) is 3.26. The second-order valence-electron chi connectivity index (χ2n) is 10.2. The molecule has 0 atom stereocenters. The van der Waals surface area contributed by atoms with Crippen LogP contribution in [-0.4, -0.2) is 9.97 Å². The summed E-state index contributed by atoms with van der Waals surface area (Å²) in [5, 5.41) is 2.28. The molecule has 1 aliphatic carbocycles. The number of aromatic nitrogens is 2. The lowest BCUT2D eigenvalue weighted by molar-refractivity contribution is 0.634. The summed E-state index contributed by atoms with van der Waals surface area (Å²) in [7, 11) is 0. The van der Waals surface area contributed by atoms with Crippen LogP contribution in [0.25, 0.3) is 44.3 Å². The van der Waals surface area contributed by atoms with Crippen LogP contribution >= 0.6 is 0 Å². The topological polar surface area (TPSA) is 38.9 Å². The van der Waals surface area contributed by atoms with E-state index in [1.807, 2.05) is 18.5 Å². The summed E-state index contributed by atoms with van der Waals surface area (Å²) in [6.45, 7) is 13.2. The van der Waals surface area contributed by atoms with Crippen molar-refractivity contribution in [1.82, 2.24) is 9.97 Å². The molecule has 164 valence electrons. The van der Waals surface area contributed by atoms with Gasteiger partial charge in [0.25, 0.3) is 0 Å². The Morgan fingerprint density at radius 2 is 1.58 bits per heavy atom. The van der Waals surface area contributed by atoms with Crippen molar-refractivity contribution >= 4 is 21.9 Å². The van der Waals surface area contributed by atoms with Crippen molar-refractivity contribution in [3.63, 3.8) is 0 Å². The van der Waals surface area contributed by atoms with E-state index >= 15 is 0 Å². The summed E-state index contributed by atoms with van der Waals surface area (Å²) >= 11 is 0. The van der Waals surface area contributed by atoms with Gasteiger partial charge in [0, 0.05) is 45.3 Å². The van der Waals surface area contributed by atoms with Crippen molar-refractivity contribution in [2.24, 2.45) is 0 Å². The lowest BCUT2D eigenvalue weighted by atomic mass is 9.85. The maximum absolute atomic E-state index is 6.76. The molecule has 0 saturated heterocycles. The van der Waals surface area contributed by atoms with Crippen LogP contribution in [0.15, 0.2) is 59.3 Å². The molecule has 5 aromatic rings. The third kappa shape index (κ3) is 2.68. The Morgan fingerprint density at radius 3 is 2.30 bits per heavy atom. The van der Waals surface area contributed by atoms with E-state index in [0.29, 0.717) is 5.92 Å². The Kier molecular flexibility index (Phi) is 4.14. The first-order valence-corrected chi connectivity index (χ1v) is 11.7. The molecule has 0 saturated carbocycles. The number of hydrogen-bond acceptors (Lipinski definition) is 3. The van der Waals surface area contributed by atoms with Gasteiger partial charge in [-0.3, -0.25) is 9.97 Å². The van der Waals surface area contributed by atoms with Gasteiger partial charge >= 0.3 is 0 Å². The van der Waals surface area contributed by atoms with E-state index < -0.39 is 0 Å². The molecule has 0 unspecified atom stereocenters. The Balaban J connectivity index is 1.68. The van der Waals surface area contributed by atoms with Gasteiger partial charge in [0.15, 0.2) is 0 Å². The SMILES string of the molecule is Cc1cc(-c2c(C)ccc3c2oc2c4c(ccc23)C(C)(C)c2ncccc2-4)ncc1C(C)C. The van der Waals surface area contributed by atoms with Crippen molar-refractivity contribution in [3.8, 4) is 22.4 Å². The van der Waals surface area contributed by atoms with E-state index in [-0.39, 0.29) is 5.41 Å². The third-order valence-electron chi connectivity index (χ3n) is 7.39. The minimum atomic E-state index is -0.150. The molecular weight excluding hydrogens is 404 g/mol. The van der Waals surface area contributed by atoms with Crippen LogP contribution in [0, 0.1) is 13.8 Å². The van der Waals surface area contributed by atoms with Gasteiger partial charge in [-0.1, -0.05) is 58.0 Å². The first kappa shape index (κ1) is 20.2. The van der Waals surface area contributed by atoms with Crippen molar-refractivity contribution in [2.75, 3.05) is 0 Å². The molecule has 3 heterocycles. The van der Waals surface area contributed by atoms with Gasteiger partial charge in [-0.2, -0.15) is 0 Å². The Hall–Kier alpha value is -3.46. The minimum absolute atomic E-state index is 0.150. The van der Waals surface area contributed by atoms with Crippen LogP contribution in [0.4, 0.5) is 0 Å². The maximum atomic E-state index is 6.76. The zero-order valence-corrected chi connectivity index (χ0v) is 20.1. The lowest BCUT2D eigenvalue weighted by Crippen LogP contribution is -2.16. The van der Waals surface area contributed by atoms with Crippen LogP contribution in [0.3, 0.4) is 0 Å². The highest BCUT2D eigenvalue weighted by Crippen LogP contribution is 2.52. The van der Waals surface area contributed by atoms with Gasteiger partial charge in [-0.15, -0.1) is 0 Å². The summed E-state index contributed by atoms with van der Waals surface area (Å²) in [5.74, 6) is 0.453. The highest BCUT2D eigenvalue weighted by atomic mass is 16.3. The Morgan fingerprint density at radius 1 is 0.848 bits per heavy atom. The molecule has 0 fully saturated rings. The van der Waals surface area contributed by atoms with E-state index in [9.17, 15) is 0 Å². The number of pyridine rings is 2. The van der Waals surface area contributed by atoms with Gasteiger partial charge in [-0.05, 0) is 54.2 Å². The van der Waals surface area contributed by atoms with Crippen LogP contribution in [-0.2, 0) is 5.41 Å². The van der Waals surface area contributed by atoms with Gasteiger partial charge in [-0.25, -0.2) is 0 Å². The normalized spacial score (nSPS) is 14.3. The quantitative estimate of drug-likeness (QED) is 0.283. The van der Waals surface area contributed by atoms with Crippen molar-refractivity contribution < 1.29 is 4.42 Å². The monoisotopic (exact) mass is 432 g/mol. The summed E-state index contributed by atoms with van der Waals surface area (Å²) in [6.07, 6.45) is 3.91. The minimum Gasteiger partial charge on any atom is -0.455 e. The van der Waals surface area contributed by atoms with Crippen molar-refractivity contribution in [1.29, 1.82) is 0 Å². The number of furan rings is 1. The van der Waals surface area contributed by atoms with Crippen molar-refractivity contribution in [3.05, 3.63) is 82.8 Å². The van der Waals surface area contributed by atoms with Gasteiger partial charge in [0.05, 0.1) is 11.4 Å². The van der Waals surface area contributed by atoms with E-state index in [1.54, 1.807) is 0 Å². The fourth-order valence-corrected chi connectivity index (χ4v) is 5.65. The molecule has 0 radical (unpaired) electrons. The van der Waals surface area contributed by atoms with E-state index in [4.69, 9.17) is 14.4 Å². The number of aryl methyl sites for hydroxylation is 2. The van der Waals surface area contributed by atoms with Crippen LogP contribution in [0.1, 0.15) is 61.6 Å². The average molecular weight is 433 g/mol. The molecule has 0 spiro atoms. The molecule has 0 aliphatic heterocycles. The fourth-order valence-electron chi connectivity index (χ4n) is 5.65. The molecule has 2 aromatic carbocycles. The predicted octanol–water partition coefficient (Wildman–Crippen LogP) is 8.09. The zero-order chi connectivity index (χ0) is 23.1. The van der Waals surface area contributed by atoms with Crippen molar-refractivity contribution in [2.45, 2.75) is 52.9 Å². The maximum Gasteiger partial charge on any atom is 0.145 e. The summed E-state index contributed by atoms with van der Waals surface area (Å²) in [6, 6.07) is 15.2. The molecule has 3 aromatic heterocycles. The van der Waals surface area contributed by atoms with E-state index in [2.05, 4.69) is 77.9 Å². The fraction of sp³-hybridized carbons (Fsp3) is 0.267. The molecule has 0 N–H and O–H groups in total. The zero-order valence-electron chi connectivity index (χ0n) is 20.1. The molecule has 3 heteroatoms. The highest BCUT2D eigenvalue weighted by molar-refractivity contribution is 6.14. The Bertz CT molecular complexity index is 1590. The Labute approximate surface area is 194 Å². The third-order valence-corrected chi connectivity index (χ3v) is 7.39. The number of nitrogens with zero attached hydrogens (tertiary/aromatic N) is 2. The molecule has 1 aliphatic rings. The second kappa shape index (κ2) is 6.77. The molecule has 3 nitrogen and oxygen atoms in total. The molecular formula is C30H28N2O. The molecule has 0 amide bonds. The summed E-state index contributed by atoms with van der Waals surface area (Å²) in [5.41, 5.74) is 12.2. The first-order valence-electron chi connectivity index (χ1n) is 11.7. The summed E-state index contributed by atoms with van der Waals surface area (Å²) in [4.78, 5) is 9.62. The summed E-state index contributed by atoms with van der Waals surface area (Å²) < 4.78 is 6.76. The first-order chi connectivity index (χ1) is 15.8. The highest BCUT2D eigenvalue weighted by Gasteiger charge is 2.39. The smallest absolute Gasteiger partial charge is 0.145 e. The van der Waals surface area contributed by atoms with Gasteiger partial charge in [0.1, 0.15) is 11.2 Å². The van der Waals surface area contributed by atoms with Crippen LogP contribution in [0.2, 0.25) is 0 Å². The van der Waals surface area contributed by atoms with Crippen LogP contribution < -0.4 is 0 Å². The molecule has 6 rings (SSSR count). The number of rotatable bonds is 2. The second-order valence-corrected chi connectivity index (χ2v) is 10.2. The molecule has 0 bridgehead atoms. The number of fused-ring (bicyclic) bond motifs is 7. The predicted molar refractivity (Wildman–Crippen MR) is 136 cm³/mol. The number of hydrogen-bond donors (Lipinski definition) is 0. The number of benzene rings is 2. The van der Waals surface area contributed by atoms with E-state index in [0.717, 1.165) is 38.9 Å². The lowest BCUT2D eigenvalue weighted by Gasteiger charge is -2.19. The van der Waals surface area contributed by atoms with Gasteiger partial charge in [0.2, 0.25) is 0 Å².